The van der Waals surface area contributed by atoms with Gasteiger partial charge in [-0.2, -0.15) is 0 Å². The van der Waals surface area contributed by atoms with E-state index in [1.165, 1.54) is 18.2 Å². The molecule has 0 heterocycles. The molecule has 1 unspecified atom stereocenters. The molecule has 1 rings (SSSR count). The first-order valence-electron chi connectivity index (χ1n) is 6.60. The van der Waals surface area contributed by atoms with Gasteiger partial charge in [0.05, 0.1) is 11.1 Å². The fourth-order valence-electron chi connectivity index (χ4n) is 2.15. The molecule has 4 nitrogen and oxygen atoms in total. The normalized spacial score (nSPS) is 13.8. The van der Waals surface area contributed by atoms with Crippen LogP contribution in [0.2, 0.25) is 0 Å². The van der Waals surface area contributed by atoms with Crippen molar-refractivity contribution in [3.05, 3.63) is 34.1 Å². The van der Waals surface area contributed by atoms with Gasteiger partial charge in [-0.15, -0.1) is 0 Å². The summed E-state index contributed by atoms with van der Waals surface area (Å²) in [5.74, 6) is -2.93. The molecule has 0 saturated carbocycles. The topological polar surface area (TPSA) is 63.6 Å². The summed E-state index contributed by atoms with van der Waals surface area (Å²) in [5, 5.41) is 9.59. The van der Waals surface area contributed by atoms with Crippen molar-refractivity contribution >= 4 is 27.9 Å². The van der Waals surface area contributed by atoms with Crippen LogP contribution in [0.1, 0.15) is 26.3 Å². The average molecular weight is 361 g/mol. The number of hydrogen-bond donors (Lipinski definition) is 1. The van der Waals surface area contributed by atoms with Gasteiger partial charge >= 0.3 is 11.9 Å². The number of carboxylic acid groups (broad SMARTS) is 1. The maximum absolute atomic E-state index is 13.3. The summed E-state index contributed by atoms with van der Waals surface area (Å²) in [6.07, 6.45) is -0.0578. The number of hydrogen-bond acceptors (Lipinski definition) is 3. The van der Waals surface area contributed by atoms with Crippen molar-refractivity contribution in [2.75, 3.05) is 6.61 Å². The van der Waals surface area contributed by atoms with Crippen LogP contribution in [0.5, 0.6) is 0 Å². The smallest absolute Gasteiger partial charge is 0.324 e. The molecule has 0 aromatic heterocycles. The Hall–Kier alpha value is -1.43. The van der Waals surface area contributed by atoms with Crippen LogP contribution in [-0.2, 0) is 20.7 Å². The molecular formula is C15H18BrFO4. The number of ether oxygens (including phenoxy) is 1. The molecule has 1 aromatic carbocycles. The first-order chi connectivity index (χ1) is 9.75. The molecule has 1 N–H and O–H groups in total. The lowest BCUT2D eigenvalue weighted by molar-refractivity contribution is -0.172. The van der Waals surface area contributed by atoms with Crippen LogP contribution < -0.4 is 0 Å². The van der Waals surface area contributed by atoms with Gasteiger partial charge in [-0.25, -0.2) is 4.39 Å². The fourth-order valence-corrected chi connectivity index (χ4v) is 2.58. The highest BCUT2D eigenvalue weighted by atomic mass is 79.9. The molecule has 0 spiro atoms. The van der Waals surface area contributed by atoms with Gasteiger partial charge in [0, 0.05) is 0 Å². The molecule has 21 heavy (non-hydrogen) atoms. The second-order valence-corrected chi connectivity index (χ2v) is 5.93. The number of benzene rings is 1. The molecule has 0 amide bonds. The van der Waals surface area contributed by atoms with Crippen LogP contribution in [-0.4, -0.2) is 23.7 Å². The van der Waals surface area contributed by atoms with E-state index in [4.69, 9.17) is 4.74 Å². The van der Waals surface area contributed by atoms with E-state index in [2.05, 4.69) is 15.9 Å². The predicted molar refractivity (Wildman–Crippen MR) is 79.3 cm³/mol. The molecule has 1 atom stereocenters. The zero-order valence-electron chi connectivity index (χ0n) is 12.2. The van der Waals surface area contributed by atoms with Gasteiger partial charge in [-0.1, -0.05) is 19.9 Å². The lowest BCUT2D eigenvalue weighted by atomic mass is 9.72. The van der Waals surface area contributed by atoms with E-state index in [9.17, 15) is 19.1 Å². The highest BCUT2D eigenvalue weighted by molar-refractivity contribution is 9.10. The molecule has 0 radical (unpaired) electrons. The van der Waals surface area contributed by atoms with Crippen LogP contribution in [0.15, 0.2) is 22.7 Å². The third-order valence-corrected chi connectivity index (χ3v) is 4.08. The number of carbonyl (C=O) groups is 2. The average Bonchev–Trinajstić information content (AvgIpc) is 2.39. The molecule has 0 saturated heterocycles. The van der Waals surface area contributed by atoms with Crippen molar-refractivity contribution < 1.29 is 23.8 Å². The Bertz CT molecular complexity index is 544. The highest BCUT2D eigenvalue weighted by Crippen LogP contribution is 2.35. The zero-order chi connectivity index (χ0) is 16.2. The standard InChI is InChI=1S/C15H18BrFO4/c1-4-21-14(20)15(9(2)3,13(18)19)8-10-5-6-12(17)11(16)7-10/h5-7,9H,4,8H2,1-3H3,(H,18,19). The predicted octanol–water partition coefficient (Wildman–Crippen LogP) is 3.42. The van der Waals surface area contributed by atoms with Crippen LogP contribution in [0.4, 0.5) is 4.39 Å². The van der Waals surface area contributed by atoms with Crippen LogP contribution in [0.25, 0.3) is 0 Å². The van der Waals surface area contributed by atoms with Gasteiger partial charge in [-0.3, -0.25) is 9.59 Å². The molecule has 116 valence electrons. The Morgan fingerprint density at radius 2 is 2.05 bits per heavy atom. The molecule has 1 aromatic rings. The van der Waals surface area contributed by atoms with Crippen molar-refractivity contribution in [1.29, 1.82) is 0 Å². The Balaban J connectivity index is 3.26. The van der Waals surface area contributed by atoms with E-state index in [-0.39, 0.29) is 17.5 Å². The quantitative estimate of drug-likeness (QED) is 0.623. The largest absolute Gasteiger partial charge is 0.480 e. The van der Waals surface area contributed by atoms with Gasteiger partial charge < -0.3 is 9.84 Å². The summed E-state index contributed by atoms with van der Waals surface area (Å²) in [7, 11) is 0. The Morgan fingerprint density at radius 3 is 2.48 bits per heavy atom. The van der Waals surface area contributed by atoms with Gasteiger partial charge in [0.15, 0.2) is 5.41 Å². The molecule has 6 heteroatoms. The summed E-state index contributed by atoms with van der Waals surface area (Å²) in [5.41, 5.74) is -1.14. The van der Waals surface area contributed by atoms with E-state index < -0.39 is 29.1 Å². The highest BCUT2D eigenvalue weighted by Gasteiger charge is 2.50. The van der Waals surface area contributed by atoms with Crippen LogP contribution in [0.3, 0.4) is 0 Å². The van der Waals surface area contributed by atoms with Crippen LogP contribution in [0, 0.1) is 17.2 Å². The molecule has 0 aliphatic heterocycles. The van der Waals surface area contributed by atoms with E-state index in [0.29, 0.717) is 5.56 Å². The van der Waals surface area contributed by atoms with Gasteiger partial charge in [0.2, 0.25) is 0 Å². The van der Waals surface area contributed by atoms with Crippen molar-refractivity contribution in [3.8, 4) is 0 Å². The third kappa shape index (κ3) is 3.61. The lowest BCUT2D eigenvalue weighted by Gasteiger charge is -2.31. The van der Waals surface area contributed by atoms with Crippen LogP contribution >= 0.6 is 15.9 Å². The van der Waals surface area contributed by atoms with Crippen molar-refractivity contribution in [1.82, 2.24) is 0 Å². The second kappa shape index (κ2) is 7.02. The number of esters is 1. The minimum Gasteiger partial charge on any atom is -0.480 e. The van der Waals surface area contributed by atoms with E-state index in [0.717, 1.165) is 0 Å². The second-order valence-electron chi connectivity index (χ2n) is 5.08. The molecular weight excluding hydrogens is 343 g/mol. The van der Waals surface area contributed by atoms with E-state index >= 15 is 0 Å². The van der Waals surface area contributed by atoms with Crippen molar-refractivity contribution in [2.24, 2.45) is 11.3 Å². The zero-order valence-corrected chi connectivity index (χ0v) is 13.7. The molecule has 0 aliphatic carbocycles. The van der Waals surface area contributed by atoms with Crippen molar-refractivity contribution in [3.63, 3.8) is 0 Å². The fraction of sp³-hybridized carbons (Fsp3) is 0.467. The first kappa shape index (κ1) is 17.6. The number of rotatable bonds is 6. The number of aliphatic carboxylic acids is 1. The Morgan fingerprint density at radius 1 is 1.43 bits per heavy atom. The van der Waals surface area contributed by atoms with Gasteiger partial charge in [0.1, 0.15) is 5.82 Å². The molecule has 0 fully saturated rings. The summed E-state index contributed by atoms with van der Waals surface area (Å²) >= 11 is 3.06. The van der Waals surface area contributed by atoms with E-state index in [1.807, 2.05) is 0 Å². The Kier molecular flexibility index (Phi) is 5.89. The monoisotopic (exact) mass is 360 g/mol. The van der Waals surface area contributed by atoms with Crippen molar-refractivity contribution in [2.45, 2.75) is 27.2 Å². The maximum Gasteiger partial charge on any atom is 0.324 e. The van der Waals surface area contributed by atoms with Gasteiger partial charge in [0.25, 0.3) is 0 Å². The number of carboxylic acids is 1. The number of halogens is 2. The lowest BCUT2D eigenvalue weighted by Crippen LogP contribution is -2.47. The summed E-state index contributed by atoms with van der Waals surface area (Å²) < 4.78 is 18.5. The first-order valence-corrected chi connectivity index (χ1v) is 7.39. The minimum absolute atomic E-state index is 0.0578. The Labute approximate surface area is 131 Å². The molecule has 0 aliphatic rings. The summed E-state index contributed by atoms with van der Waals surface area (Å²) in [6, 6.07) is 4.19. The minimum atomic E-state index is -1.69. The SMILES string of the molecule is CCOC(=O)C(Cc1ccc(F)c(Br)c1)(C(=O)O)C(C)C. The summed E-state index contributed by atoms with van der Waals surface area (Å²) in [6.45, 7) is 5.04. The number of carbonyl (C=O) groups excluding carboxylic acids is 1. The summed E-state index contributed by atoms with van der Waals surface area (Å²) in [4.78, 5) is 24.0. The van der Waals surface area contributed by atoms with Gasteiger partial charge in [-0.05, 0) is 52.9 Å². The molecule has 0 bridgehead atoms. The maximum atomic E-state index is 13.3. The third-order valence-electron chi connectivity index (χ3n) is 3.47. The van der Waals surface area contributed by atoms with E-state index in [1.54, 1.807) is 20.8 Å².